The topological polar surface area (TPSA) is 50.7 Å². The zero-order valence-electron chi connectivity index (χ0n) is 15.9. The van der Waals surface area contributed by atoms with E-state index in [9.17, 15) is 4.79 Å². The Morgan fingerprint density at radius 1 is 1.32 bits per heavy atom. The van der Waals surface area contributed by atoms with Gasteiger partial charge in [-0.2, -0.15) is 5.10 Å². The molecule has 2 aromatic rings. The number of nitrogens with one attached hydrogen (secondary N) is 1. The molecule has 0 aromatic heterocycles. The van der Waals surface area contributed by atoms with E-state index in [-0.39, 0.29) is 12.5 Å². The third-order valence-electron chi connectivity index (χ3n) is 4.86. The van der Waals surface area contributed by atoms with Gasteiger partial charge in [-0.1, -0.05) is 46.3 Å². The number of ether oxygens (including phenoxy) is 1. The van der Waals surface area contributed by atoms with E-state index in [2.05, 4.69) is 55.0 Å². The first-order valence-corrected chi connectivity index (χ1v) is 10.6. The zero-order chi connectivity index (χ0) is 20.3. The first kappa shape index (κ1) is 20.8. The van der Waals surface area contributed by atoms with E-state index in [1.54, 1.807) is 0 Å². The Morgan fingerprint density at radius 3 is 2.86 bits per heavy atom. The molecule has 1 aliphatic rings. The largest absolute Gasteiger partial charge is 0.483 e. The van der Waals surface area contributed by atoms with Crippen LogP contribution in [-0.2, 0) is 4.79 Å². The highest BCUT2D eigenvalue weighted by Crippen LogP contribution is 2.34. The quantitative estimate of drug-likeness (QED) is 0.391. The van der Waals surface area contributed by atoms with Crippen molar-refractivity contribution in [2.24, 2.45) is 11.0 Å². The number of fused-ring (bicyclic) bond motifs is 1. The highest BCUT2D eigenvalue weighted by atomic mass is 79.9. The van der Waals surface area contributed by atoms with Crippen LogP contribution in [0.4, 0.5) is 0 Å². The normalized spacial score (nSPS) is 18.1. The van der Waals surface area contributed by atoms with Crippen molar-refractivity contribution in [3.63, 3.8) is 0 Å². The molecule has 1 aliphatic carbocycles. The van der Waals surface area contributed by atoms with Crippen molar-refractivity contribution in [2.75, 3.05) is 6.61 Å². The highest BCUT2D eigenvalue weighted by Gasteiger charge is 2.19. The molecule has 3 rings (SSSR count). The smallest absolute Gasteiger partial charge is 0.277 e. The van der Waals surface area contributed by atoms with Crippen LogP contribution in [0.25, 0.3) is 10.8 Å². The molecule has 0 saturated heterocycles. The summed E-state index contributed by atoms with van der Waals surface area (Å²) in [6.45, 7) is 7.97. The Kier molecular flexibility index (Phi) is 6.73. The van der Waals surface area contributed by atoms with Crippen molar-refractivity contribution in [2.45, 2.75) is 26.7 Å². The maximum atomic E-state index is 12.2. The Labute approximate surface area is 182 Å². The van der Waals surface area contributed by atoms with Gasteiger partial charge in [-0.3, -0.25) is 4.79 Å². The number of hydrogen-bond acceptors (Lipinski definition) is 3. The second kappa shape index (κ2) is 9.05. The van der Waals surface area contributed by atoms with Crippen molar-refractivity contribution >= 4 is 54.3 Å². The molecule has 4 nitrogen and oxygen atoms in total. The predicted octanol–water partition coefficient (Wildman–Crippen LogP) is 6.15. The van der Waals surface area contributed by atoms with Crippen LogP contribution >= 0.6 is 31.9 Å². The van der Waals surface area contributed by atoms with Gasteiger partial charge < -0.3 is 4.74 Å². The molecule has 0 saturated carbocycles. The molecule has 1 N–H and O–H groups in total. The lowest BCUT2D eigenvalue weighted by Gasteiger charge is -2.22. The van der Waals surface area contributed by atoms with Crippen molar-refractivity contribution < 1.29 is 9.53 Å². The first-order chi connectivity index (χ1) is 13.3. The Hall–Kier alpha value is -1.92. The number of rotatable bonds is 5. The number of nitrogens with zero attached hydrogens (tertiary/aromatic N) is 1. The van der Waals surface area contributed by atoms with Crippen molar-refractivity contribution in [3.05, 3.63) is 63.1 Å². The number of carbonyl (C=O) groups excluding carboxylic acids is 1. The van der Waals surface area contributed by atoms with E-state index >= 15 is 0 Å². The van der Waals surface area contributed by atoms with Crippen molar-refractivity contribution in [1.29, 1.82) is 0 Å². The summed E-state index contributed by atoms with van der Waals surface area (Å²) in [6.07, 6.45) is 3.92. The first-order valence-electron chi connectivity index (χ1n) is 9.03. The number of allylic oxidation sites excluding steroid dienone is 3. The summed E-state index contributed by atoms with van der Waals surface area (Å²) in [5.74, 6) is 0.707. The molecule has 1 amide bonds. The molecule has 28 heavy (non-hydrogen) atoms. The fraction of sp³-hybridized carbons (Fsp3) is 0.273. The summed E-state index contributed by atoms with van der Waals surface area (Å²) in [6, 6.07) is 9.82. The van der Waals surface area contributed by atoms with Gasteiger partial charge in [0.15, 0.2) is 6.61 Å². The van der Waals surface area contributed by atoms with Crippen LogP contribution in [0, 0.1) is 5.92 Å². The molecule has 0 bridgehead atoms. The second-order valence-electron chi connectivity index (χ2n) is 7.00. The Bertz CT molecular complexity index is 995. The van der Waals surface area contributed by atoms with Crippen LogP contribution in [0.1, 0.15) is 26.7 Å². The van der Waals surface area contributed by atoms with Crippen LogP contribution in [0.5, 0.6) is 5.75 Å². The van der Waals surface area contributed by atoms with Gasteiger partial charge in [0.05, 0.1) is 10.2 Å². The molecule has 6 heteroatoms. The fourth-order valence-corrected chi connectivity index (χ4v) is 4.07. The lowest BCUT2D eigenvalue weighted by atomic mass is 9.85. The summed E-state index contributed by atoms with van der Waals surface area (Å²) >= 11 is 7.04. The maximum Gasteiger partial charge on any atom is 0.277 e. The molecular formula is C22H22Br2N2O2. The number of hydrogen-bond donors (Lipinski definition) is 1. The average Bonchev–Trinajstić information content (AvgIpc) is 2.66. The van der Waals surface area contributed by atoms with E-state index in [0.717, 1.165) is 49.4 Å². The van der Waals surface area contributed by atoms with Crippen LogP contribution in [0.3, 0.4) is 0 Å². The second-order valence-corrected chi connectivity index (χ2v) is 8.70. The maximum absolute atomic E-state index is 12.2. The Balaban J connectivity index is 1.63. The van der Waals surface area contributed by atoms with Crippen molar-refractivity contribution in [3.8, 4) is 5.75 Å². The van der Waals surface area contributed by atoms with Gasteiger partial charge in [-0.15, -0.1) is 0 Å². The summed E-state index contributed by atoms with van der Waals surface area (Å²) in [5, 5.41) is 6.40. The minimum absolute atomic E-state index is 0.107. The molecule has 0 aliphatic heterocycles. The summed E-state index contributed by atoms with van der Waals surface area (Å²) in [4.78, 5) is 12.2. The molecule has 0 spiro atoms. The zero-order valence-corrected chi connectivity index (χ0v) is 19.1. The molecular weight excluding hydrogens is 484 g/mol. The van der Waals surface area contributed by atoms with Gasteiger partial charge in [0.2, 0.25) is 0 Å². The van der Waals surface area contributed by atoms with Gasteiger partial charge in [0.1, 0.15) is 5.75 Å². The molecule has 0 heterocycles. The van der Waals surface area contributed by atoms with Gasteiger partial charge in [0.25, 0.3) is 5.91 Å². The van der Waals surface area contributed by atoms with E-state index in [1.807, 2.05) is 44.2 Å². The van der Waals surface area contributed by atoms with Crippen LogP contribution in [-0.4, -0.2) is 18.2 Å². The third-order valence-corrected chi connectivity index (χ3v) is 6.17. The SMILES string of the molecule is C=C(C)[C@H]1CC=C(C)C(=NNC(=O)COc2ccc3cc(Br)ccc3c2Br)C1. The van der Waals surface area contributed by atoms with Gasteiger partial charge in [-0.25, -0.2) is 5.43 Å². The molecule has 0 fully saturated rings. The molecule has 146 valence electrons. The summed E-state index contributed by atoms with van der Waals surface area (Å²) in [5.41, 5.74) is 5.74. The summed E-state index contributed by atoms with van der Waals surface area (Å²) in [7, 11) is 0. The van der Waals surface area contributed by atoms with Gasteiger partial charge in [0, 0.05) is 4.47 Å². The van der Waals surface area contributed by atoms with E-state index in [1.165, 1.54) is 0 Å². The van der Waals surface area contributed by atoms with Gasteiger partial charge in [-0.05, 0) is 83.1 Å². The number of benzene rings is 2. The average molecular weight is 506 g/mol. The fourth-order valence-electron chi connectivity index (χ4n) is 3.08. The monoisotopic (exact) mass is 504 g/mol. The summed E-state index contributed by atoms with van der Waals surface area (Å²) < 4.78 is 7.53. The highest BCUT2D eigenvalue weighted by molar-refractivity contribution is 9.11. The van der Waals surface area contributed by atoms with Crippen LogP contribution in [0.15, 0.2) is 68.2 Å². The predicted molar refractivity (Wildman–Crippen MR) is 122 cm³/mol. The standard InChI is InChI=1S/C22H22Br2N2O2/c1-13(2)15-5-4-14(3)19(11-15)25-26-21(27)12-28-20-9-6-16-10-17(23)7-8-18(16)22(20)24/h4,6-10,15H,1,5,11-12H2,2-3H3,(H,26,27)/t15-/m0/s1. The minimum Gasteiger partial charge on any atom is -0.483 e. The molecule has 0 unspecified atom stereocenters. The lowest BCUT2D eigenvalue weighted by Crippen LogP contribution is -2.27. The van der Waals surface area contributed by atoms with E-state index in [0.29, 0.717) is 11.7 Å². The lowest BCUT2D eigenvalue weighted by molar-refractivity contribution is -0.123. The van der Waals surface area contributed by atoms with E-state index in [4.69, 9.17) is 4.74 Å². The number of amides is 1. The molecule has 0 radical (unpaired) electrons. The molecule has 2 aromatic carbocycles. The Morgan fingerprint density at radius 2 is 2.11 bits per heavy atom. The minimum atomic E-state index is -0.291. The van der Waals surface area contributed by atoms with Gasteiger partial charge >= 0.3 is 0 Å². The van der Waals surface area contributed by atoms with Crippen LogP contribution in [0.2, 0.25) is 0 Å². The number of halogens is 2. The molecule has 1 atom stereocenters. The van der Waals surface area contributed by atoms with Crippen molar-refractivity contribution in [1.82, 2.24) is 5.43 Å². The van der Waals surface area contributed by atoms with Crippen LogP contribution < -0.4 is 10.2 Å². The third kappa shape index (κ3) is 4.92. The number of hydrazone groups is 1. The number of carbonyl (C=O) groups is 1. The van der Waals surface area contributed by atoms with E-state index < -0.39 is 0 Å².